The summed E-state index contributed by atoms with van der Waals surface area (Å²) in [5.41, 5.74) is 1.19. The molecular formula is C17H20F3N3. The van der Waals surface area contributed by atoms with Crippen molar-refractivity contribution < 1.29 is 13.2 Å². The van der Waals surface area contributed by atoms with E-state index in [1.54, 1.807) is 7.05 Å². The van der Waals surface area contributed by atoms with E-state index in [0.29, 0.717) is 29.0 Å². The van der Waals surface area contributed by atoms with Gasteiger partial charge in [0.25, 0.3) is 0 Å². The predicted molar refractivity (Wildman–Crippen MR) is 90.3 cm³/mol. The third-order valence-corrected chi connectivity index (χ3v) is 3.19. The zero-order valence-electron chi connectivity index (χ0n) is 13.2. The van der Waals surface area contributed by atoms with E-state index in [4.69, 9.17) is 5.41 Å². The lowest BCUT2D eigenvalue weighted by Crippen LogP contribution is -2.06. The highest BCUT2D eigenvalue weighted by molar-refractivity contribution is 6.29. The van der Waals surface area contributed by atoms with Gasteiger partial charge in [0.2, 0.25) is 0 Å². The normalized spacial score (nSPS) is 12.9. The lowest BCUT2D eigenvalue weighted by Gasteiger charge is -2.14. The van der Waals surface area contributed by atoms with Crippen LogP contribution in [0.2, 0.25) is 0 Å². The van der Waals surface area contributed by atoms with Crippen LogP contribution in [-0.4, -0.2) is 19.0 Å². The molecule has 3 nitrogen and oxygen atoms in total. The quantitative estimate of drug-likeness (QED) is 0.528. The molecule has 2 N–H and O–H groups in total. The topological polar surface area (TPSA) is 48.2 Å². The summed E-state index contributed by atoms with van der Waals surface area (Å²) in [5.74, 6) is 0. The molecule has 1 aromatic rings. The number of anilines is 1. The average Bonchev–Trinajstić information content (AvgIpc) is 2.53. The molecule has 0 aliphatic heterocycles. The van der Waals surface area contributed by atoms with Gasteiger partial charge >= 0.3 is 6.18 Å². The average molecular weight is 323 g/mol. The van der Waals surface area contributed by atoms with Gasteiger partial charge in [0.15, 0.2) is 0 Å². The number of halogens is 3. The fraction of sp³-hybridized carbons (Fsp3) is 0.294. The number of nitrogens with one attached hydrogen (secondary N) is 2. The maximum absolute atomic E-state index is 12.9. The molecule has 0 fully saturated rings. The lowest BCUT2D eigenvalue weighted by atomic mass is 10.0. The van der Waals surface area contributed by atoms with Crippen LogP contribution in [-0.2, 0) is 6.18 Å². The molecule has 0 amide bonds. The van der Waals surface area contributed by atoms with Crippen molar-refractivity contribution in [2.45, 2.75) is 25.9 Å². The number of rotatable bonds is 7. The summed E-state index contributed by atoms with van der Waals surface area (Å²) in [4.78, 5) is 4.18. The zero-order valence-corrected chi connectivity index (χ0v) is 13.2. The van der Waals surface area contributed by atoms with Crippen molar-refractivity contribution in [3.05, 3.63) is 48.2 Å². The van der Waals surface area contributed by atoms with Gasteiger partial charge < -0.3 is 10.7 Å². The Balaban J connectivity index is 3.38. The van der Waals surface area contributed by atoms with Crippen LogP contribution in [0.15, 0.2) is 42.0 Å². The van der Waals surface area contributed by atoms with Crippen molar-refractivity contribution in [2.24, 2.45) is 4.99 Å². The Hall–Kier alpha value is -2.37. The maximum atomic E-state index is 12.9. The summed E-state index contributed by atoms with van der Waals surface area (Å²) in [6.07, 6.45) is 1.08. The largest absolute Gasteiger partial charge is 0.416 e. The first kappa shape index (κ1) is 18.7. The Labute approximate surface area is 134 Å². The SMILES string of the molecule is C=C/C(=C\N=C(\C=N)CCC)c1cc(C(F)(F)F)ccc1NC. The summed E-state index contributed by atoms with van der Waals surface area (Å²) in [7, 11) is 1.64. The van der Waals surface area contributed by atoms with Crippen LogP contribution in [0, 0.1) is 5.41 Å². The number of hydrogen-bond acceptors (Lipinski definition) is 3. The van der Waals surface area contributed by atoms with Crippen molar-refractivity contribution in [3.8, 4) is 0 Å². The first-order valence-electron chi connectivity index (χ1n) is 7.16. The van der Waals surface area contributed by atoms with Crippen LogP contribution in [0.5, 0.6) is 0 Å². The Kier molecular flexibility index (Phi) is 6.75. The monoisotopic (exact) mass is 323 g/mol. The molecule has 6 heteroatoms. The maximum Gasteiger partial charge on any atom is 0.416 e. The molecule has 1 aromatic carbocycles. The van der Waals surface area contributed by atoms with Crippen molar-refractivity contribution in [1.82, 2.24) is 0 Å². The van der Waals surface area contributed by atoms with Crippen LogP contribution in [0.4, 0.5) is 18.9 Å². The molecule has 0 unspecified atom stereocenters. The third-order valence-electron chi connectivity index (χ3n) is 3.19. The Morgan fingerprint density at radius 2 is 2.09 bits per heavy atom. The van der Waals surface area contributed by atoms with Crippen molar-refractivity contribution in [1.29, 1.82) is 5.41 Å². The first-order chi connectivity index (χ1) is 10.9. The van der Waals surface area contributed by atoms with Crippen molar-refractivity contribution in [3.63, 3.8) is 0 Å². The van der Waals surface area contributed by atoms with Gasteiger partial charge in [0, 0.05) is 36.3 Å². The molecule has 1 rings (SSSR count). The van der Waals surface area contributed by atoms with Crippen LogP contribution in [0.3, 0.4) is 0 Å². The number of benzene rings is 1. The number of nitrogens with zero attached hydrogens (tertiary/aromatic N) is 1. The van der Waals surface area contributed by atoms with Gasteiger partial charge in [0.05, 0.1) is 11.3 Å². The molecular weight excluding hydrogens is 303 g/mol. The summed E-state index contributed by atoms with van der Waals surface area (Å²) in [6.45, 7) is 5.61. The Bertz CT molecular complexity index is 628. The highest BCUT2D eigenvalue weighted by Crippen LogP contribution is 2.34. The molecule has 23 heavy (non-hydrogen) atoms. The lowest BCUT2D eigenvalue weighted by molar-refractivity contribution is -0.137. The smallest absolute Gasteiger partial charge is 0.388 e. The molecule has 0 aliphatic carbocycles. The minimum Gasteiger partial charge on any atom is -0.388 e. The number of hydrogen-bond donors (Lipinski definition) is 2. The highest BCUT2D eigenvalue weighted by Gasteiger charge is 2.31. The number of allylic oxidation sites excluding steroid dienone is 2. The van der Waals surface area contributed by atoms with Gasteiger partial charge in [-0.25, -0.2) is 0 Å². The van der Waals surface area contributed by atoms with E-state index in [1.807, 2.05) is 6.92 Å². The summed E-state index contributed by atoms with van der Waals surface area (Å²) in [6, 6.07) is 3.47. The van der Waals surface area contributed by atoms with E-state index >= 15 is 0 Å². The van der Waals surface area contributed by atoms with Gasteiger partial charge in [-0.1, -0.05) is 26.0 Å². The molecule has 0 atom stereocenters. The minimum absolute atomic E-state index is 0.363. The number of aliphatic imine (C=N–C) groups is 1. The van der Waals surface area contributed by atoms with Crippen LogP contribution >= 0.6 is 0 Å². The second-order valence-electron chi connectivity index (χ2n) is 4.81. The second kappa shape index (κ2) is 8.31. The van der Waals surface area contributed by atoms with Crippen molar-refractivity contribution >= 4 is 23.2 Å². The van der Waals surface area contributed by atoms with E-state index in [1.165, 1.54) is 18.3 Å². The third kappa shape index (κ3) is 5.09. The van der Waals surface area contributed by atoms with Gasteiger partial charge in [-0.05, 0) is 24.6 Å². The molecule has 0 aromatic heterocycles. The van der Waals surface area contributed by atoms with E-state index < -0.39 is 11.7 Å². The van der Waals surface area contributed by atoms with E-state index in [-0.39, 0.29) is 0 Å². The van der Waals surface area contributed by atoms with Crippen LogP contribution in [0.25, 0.3) is 5.57 Å². The Morgan fingerprint density at radius 3 is 2.57 bits per heavy atom. The minimum atomic E-state index is -4.42. The fourth-order valence-corrected chi connectivity index (χ4v) is 1.99. The van der Waals surface area contributed by atoms with E-state index in [2.05, 4.69) is 16.9 Å². The van der Waals surface area contributed by atoms with Gasteiger partial charge in [-0.3, -0.25) is 4.99 Å². The second-order valence-corrected chi connectivity index (χ2v) is 4.81. The summed E-state index contributed by atoms with van der Waals surface area (Å²) in [5, 5.41) is 10.2. The molecule has 0 radical (unpaired) electrons. The van der Waals surface area contributed by atoms with Crippen LogP contribution < -0.4 is 5.32 Å². The molecule has 0 aliphatic rings. The highest BCUT2D eigenvalue weighted by atomic mass is 19.4. The van der Waals surface area contributed by atoms with Gasteiger partial charge in [-0.2, -0.15) is 13.2 Å². The molecule has 0 saturated heterocycles. The predicted octanol–water partition coefficient (Wildman–Crippen LogP) is 5.16. The van der Waals surface area contributed by atoms with Crippen LogP contribution in [0.1, 0.15) is 30.9 Å². The summed E-state index contributed by atoms with van der Waals surface area (Å²) >= 11 is 0. The zero-order chi connectivity index (χ0) is 17.5. The van der Waals surface area contributed by atoms with E-state index in [0.717, 1.165) is 24.8 Å². The molecule has 0 bridgehead atoms. The first-order valence-corrected chi connectivity index (χ1v) is 7.16. The fourth-order valence-electron chi connectivity index (χ4n) is 1.99. The standard InChI is InChI=1S/C17H20F3N3/c1-4-6-14(10-21)23-11-12(5-2)15-9-13(17(18,19)20)7-8-16(15)22-3/h5,7-11,21-22H,2,4,6H2,1,3H3/b12-11+,21-10?,23-14+. The Morgan fingerprint density at radius 1 is 1.39 bits per heavy atom. The van der Waals surface area contributed by atoms with Gasteiger partial charge in [0.1, 0.15) is 0 Å². The van der Waals surface area contributed by atoms with Gasteiger partial charge in [-0.15, -0.1) is 0 Å². The molecule has 0 spiro atoms. The molecule has 124 valence electrons. The molecule has 0 heterocycles. The van der Waals surface area contributed by atoms with Crippen molar-refractivity contribution in [2.75, 3.05) is 12.4 Å². The van der Waals surface area contributed by atoms with E-state index in [9.17, 15) is 13.2 Å². The number of alkyl halides is 3. The summed E-state index contributed by atoms with van der Waals surface area (Å²) < 4.78 is 38.8. The molecule has 0 saturated carbocycles.